The van der Waals surface area contributed by atoms with Crippen LogP contribution < -0.4 is 4.90 Å². The van der Waals surface area contributed by atoms with Crippen LogP contribution in [0.3, 0.4) is 0 Å². The minimum absolute atomic E-state index is 0.169. The Labute approximate surface area is 155 Å². The van der Waals surface area contributed by atoms with E-state index in [1.54, 1.807) is 18.2 Å². The molecule has 0 amide bonds. The van der Waals surface area contributed by atoms with Gasteiger partial charge in [-0.2, -0.15) is 17.5 Å². The van der Waals surface area contributed by atoms with Crippen LogP contribution in [0.15, 0.2) is 53.4 Å². The predicted molar refractivity (Wildman–Crippen MR) is 91.0 cm³/mol. The second kappa shape index (κ2) is 7.57. The Kier molecular flexibility index (Phi) is 5.55. The molecule has 2 aromatic carbocycles. The Morgan fingerprint density at radius 2 is 1.67 bits per heavy atom. The van der Waals surface area contributed by atoms with E-state index in [2.05, 4.69) is 0 Å². The normalized spacial score (nSPS) is 17.2. The summed E-state index contributed by atoms with van der Waals surface area (Å²) in [6, 6.07) is 10.2. The van der Waals surface area contributed by atoms with Crippen LogP contribution in [0.1, 0.15) is 11.1 Å². The number of hydrogen-bond acceptors (Lipinski definition) is 2. The molecule has 27 heavy (non-hydrogen) atoms. The molecule has 0 unspecified atom stereocenters. The van der Waals surface area contributed by atoms with Gasteiger partial charge in [0, 0.05) is 5.56 Å². The van der Waals surface area contributed by atoms with Crippen molar-refractivity contribution < 1.29 is 30.9 Å². The van der Waals surface area contributed by atoms with E-state index in [-0.39, 0.29) is 23.8 Å². The molecule has 0 aromatic heterocycles. The molecule has 1 saturated heterocycles. The molecule has 2 aromatic rings. The number of nitrogens with zero attached hydrogens (tertiary/aromatic N) is 1. The predicted octanol–water partition coefficient (Wildman–Crippen LogP) is 1.93. The average molecular weight is 403 g/mol. The molecule has 146 valence electrons. The van der Waals surface area contributed by atoms with Crippen molar-refractivity contribution in [3.63, 3.8) is 0 Å². The Morgan fingerprint density at radius 3 is 2.30 bits per heavy atom. The first-order valence-corrected chi connectivity index (χ1v) is 9.86. The highest BCUT2D eigenvalue weighted by molar-refractivity contribution is 7.89. The van der Waals surface area contributed by atoms with E-state index < -0.39 is 21.8 Å². The van der Waals surface area contributed by atoms with Crippen molar-refractivity contribution in [1.82, 2.24) is 4.31 Å². The molecule has 1 fully saturated rings. The fourth-order valence-electron chi connectivity index (χ4n) is 3.11. The number of sulfonamides is 1. The van der Waals surface area contributed by atoms with Crippen LogP contribution in [0.2, 0.25) is 0 Å². The van der Waals surface area contributed by atoms with Gasteiger partial charge >= 0.3 is 6.18 Å². The van der Waals surface area contributed by atoms with Crippen molar-refractivity contribution in [2.45, 2.75) is 17.6 Å². The van der Waals surface area contributed by atoms with Crippen LogP contribution in [-0.4, -0.2) is 38.9 Å². The number of hydrogen-bond donors (Lipinski definition) is 1. The highest BCUT2D eigenvalue weighted by Gasteiger charge is 2.34. The standard InChI is InChI=1S/C18H18F4N2O2S/c19-17-7-2-1-4-14(17)13-23-8-10-24(11-9-23)27(25,26)16-6-3-5-15(12-16)18(20,21)22/h1-7,12H,8-11,13H2/p+1. The Balaban J connectivity index is 1.69. The fraction of sp³-hybridized carbons (Fsp3) is 0.333. The van der Waals surface area contributed by atoms with E-state index in [0.717, 1.165) is 17.0 Å². The second-order valence-electron chi connectivity index (χ2n) is 6.45. The number of piperazine rings is 1. The summed E-state index contributed by atoms with van der Waals surface area (Å²) in [5.41, 5.74) is -0.436. The summed E-state index contributed by atoms with van der Waals surface area (Å²) in [5.74, 6) is -0.302. The van der Waals surface area contributed by atoms with Gasteiger partial charge in [-0.15, -0.1) is 0 Å². The molecule has 0 aliphatic carbocycles. The van der Waals surface area contributed by atoms with Crippen LogP contribution in [0, 0.1) is 5.82 Å². The molecule has 1 heterocycles. The number of quaternary nitrogens is 1. The summed E-state index contributed by atoms with van der Waals surface area (Å²) < 4.78 is 78.8. The van der Waals surface area contributed by atoms with Crippen molar-refractivity contribution in [3.8, 4) is 0 Å². The van der Waals surface area contributed by atoms with Crippen molar-refractivity contribution in [3.05, 3.63) is 65.5 Å². The fourth-order valence-corrected chi connectivity index (χ4v) is 4.60. The van der Waals surface area contributed by atoms with Gasteiger partial charge in [0.1, 0.15) is 12.4 Å². The Morgan fingerprint density at radius 1 is 1.00 bits per heavy atom. The maximum Gasteiger partial charge on any atom is 0.416 e. The third-order valence-corrected chi connectivity index (χ3v) is 6.52. The molecule has 3 rings (SSSR count). The van der Waals surface area contributed by atoms with Crippen LogP contribution in [-0.2, 0) is 22.7 Å². The van der Waals surface area contributed by atoms with Crippen LogP contribution >= 0.6 is 0 Å². The number of rotatable bonds is 4. The van der Waals surface area contributed by atoms with E-state index in [1.165, 1.54) is 16.4 Å². The van der Waals surface area contributed by atoms with Gasteiger partial charge < -0.3 is 4.90 Å². The Hall–Kier alpha value is -1.97. The summed E-state index contributed by atoms with van der Waals surface area (Å²) in [6.07, 6.45) is -4.60. The van der Waals surface area contributed by atoms with Crippen LogP contribution in [0.25, 0.3) is 0 Å². The van der Waals surface area contributed by atoms with Crippen molar-refractivity contribution in [2.24, 2.45) is 0 Å². The lowest BCUT2D eigenvalue weighted by Gasteiger charge is -2.31. The topological polar surface area (TPSA) is 41.8 Å². The average Bonchev–Trinajstić information content (AvgIpc) is 2.63. The van der Waals surface area contributed by atoms with Crippen LogP contribution in [0.5, 0.6) is 0 Å². The van der Waals surface area contributed by atoms with E-state index in [9.17, 15) is 26.0 Å². The second-order valence-corrected chi connectivity index (χ2v) is 8.39. The minimum Gasteiger partial charge on any atom is -0.329 e. The summed E-state index contributed by atoms with van der Waals surface area (Å²) in [5, 5.41) is 0. The van der Waals surface area contributed by atoms with Gasteiger partial charge in [0.25, 0.3) is 0 Å². The zero-order valence-electron chi connectivity index (χ0n) is 14.3. The smallest absolute Gasteiger partial charge is 0.329 e. The lowest BCUT2D eigenvalue weighted by Crippen LogP contribution is -3.13. The molecule has 0 radical (unpaired) electrons. The van der Waals surface area contributed by atoms with Gasteiger partial charge in [-0.1, -0.05) is 24.3 Å². The molecule has 4 nitrogen and oxygen atoms in total. The first-order chi connectivity index (χ1) is 12.7. The third kappa shape index (κ3) is 4.48. The molecule has 0 saturated carbocycles. The first-order valence-electron chi connectivity index (χ1n) is 8.42. The van der Waals surface area contributed by atoms with Crippen molar-refractivity contribution >= 4 is 10.0 Å². The van der Waals surface area contributed by atoms with Crippen molar-refractivity contribution in [2.75, 3.05) is 26.2 Å². The summed E-state index contributed by atoms with van der Waals surface area (Å²) >= 11 is 0. The lowest BCUT2D eigenvalue weighted by molar-refractivity contribution is -0.917. The summed E-state index contributed by atoms with van der Waals surface area (Å²) in [4.78, 5) is 0.658. The van der Waals surface area contributed by atoms with Gasteiger partial charge in [-0.3, -0.25) is 0 Å². The maximum absolute atomic E-state index is 13.8. The lowest BCUT2D eigenvalue weighted by atomic mass is 10.2. The SMILES string of the molecule is O=S(=O)(c1cccc(C(F)(F)F)c1)N1CC[NH+](Cc2ccccc2F)CC1. The maximum atomic E-state index is 13.8. The Bertz CT molecular complexity index is 908. The van der Waals surface area contributed by atoms with E-state index >= 15 is 0 Å². The number of benzene rings is 2. The number of alkyl halides is 3. The van der Waals surface area contributed by atoms with Gasteiger partial charge in [0.05, 0.1) is 36.6 Å². The first kappa shape index (κ1) is 19.8. The molecular formula is C18H19F4N2O2S+. The van der Waals surface area contributed by atoms with E-state index in [0.29, 0.717) is 31.3 Å². The van der Waals surface area contributed by atoms with Crippen LogP contribution in [0.4, 0.5) is 17.6 Å². The zero-order chi connectivity index (χ0) is 19.7. The van der Waals surface area contributed by atoms with E-state index in [4.69, 9.17) is 0 Å². The summed E-state index contributed by atoms with van der Waals surface area (Å²) in [6.45, 7) is 1.67. The molecule has 0 atom stereocenters. The third-order valence-electron chi connectivity index (χ3n) is 4.63. The quantitative estimate of drug-likeness (QED) is 0.793. The number of nitrogens with one attached hydrogen (secondary N) is 1. The minimum atomic E-state index is -4.60. The molecule has 1 N–H and O–H groups in total. The summed E-state index contributed by atoms with van der Waals surface area (Å²) in [7, 11) is -4.00. The van der Waals surface area contributed by atoms with Gasteiger partial charge in [-0.25, -0.2) is 12.8 Å². The van der Waals surface area contributed by atoms with Crippen molar-refractivity contribution in [1.29, 1.82) is 0 Å². The van der Waals surface area contributed by atoms with Gasteiger partial charge in [0.15, 0.2) is 0 Å². The largest absolute Gasteiger partial charge is 0.416 e. The van der Waals surface area contributed by atoms with Gasteiger partial charge in [-0.05, 0) is 24.3 Å². The van der Waals surface area contributed by atoms with Gasteiger partial charge in [0.2, 0.25) is 10.0 Å². The van der Waals surface area contributed by atoms with E-state index in [1.807, 2.05) is 0 Å². The monoisotopic (exact) mass is 403 g/mol. The molecule has 0 bridgehead atoms. The highest BCUT2D eigenvalue weighted by atomic mass is 32.2. The molecular weight excluding hydrogens is 384 g/mol. The molecule has 0 spiro atoms. The highest BCUT2D eigenvalue weighted by Crippen LogP contribution is 2.31. The molecule has 1 aliphatic heterocycles. The molecule has 9 heteroatoms. The zero-order valence-corrected chi connectivity index (χ0v) is 15.2. The number of halogens is 4. The molecule has 1 aliphatic rings.